The number of nitrogens with one attached hydrogen (secondary N) is 2. The summed E-state index contributed by atoms with van der Waals surface area (Å²) in [4.78, 5) is 24.0. The molecular formula is C18H19ClN2O2. The average molecular weight is 331 g/mol. The van der Waals surface area contributed by atoms with Crippen molar-refractivity contribution in [2.24, 2.45) is 0 Å². The van der Waals surface area contributed by atoms with Crippen molar-refractivity contribution in [3.63, 3.8) is 0 Å². The minimum atomic E-state index is -0.595. The van der Waals surface area contributed by atoms with E-state index in [0.29, 0.717) is 23.6 Å². The molecule has 2 amide bonds. The van der Waals surface area contributed by atoms with Crippen LogP contribution >= 0.6 is 11.6 Å². The molecule has 120 valence electrons. The van der Waals surface area contributed by atoms with Crippen molar-refractivity contribution >= 4 is 23.4 Å². The van der Waals surface area contributed by atoms with Gasteiger partial charge in [0, 0.05) is 17.1 Å². The zero-order chi connectivity index (χ0) is 16.7. The Hall–Kier alpha value is -2.33. The first-order valence-corrected chi connectivity index (χ1v) is 7.82. The van der Waals surface area contributed by atoms with E-state index in [4.69, 9.17) is 11.6 Å². The van der Waals surface area contributed by atoms with E-state index in [9.17, 15) is 9.59 Å². The van der Waals surface area contributed by atoms with Crippen LogP contribution in [0.25, 0.3) is 0 Å². The Bertz CT molecular complexity index is 674. The summed E-state index contributed by atoms with van der Waals surface area (Å²) in [6.07, 6.45) is 0.686. The van der Waals surface area contributed by atoms with Crippen LogP contribution in [-0.4, -0.2) is 24.4 Å². The third-order valence-electron chi connectivity index (χ3n) is 3.38. The third-order valence-corrected chi connectivity index (χ3v) is 3.61. The Morgan fingerprint density at radius 1 is 1.09 bits per heavy atom. The summed E-state index contributed by atoms with van der Waals surface area (Å²) in [6, 6.07) is 15.7. The topological polar surface area (TPSA) is 58.2 Å². The minimum Gasteiger partial charge on any atom is -0.354 e. The second kappa shape index (κ2) is 8.34. The van der Waals surface area contributed by atoms with Crippen LogP contribution in [0.3, 0.4) is 0 Å². The lowest BCUT2D eigenvalue weighted by molar-refractivity contribution is -0.122. The molecule has 1 atom stereocenters. The van der Waals surface area contributed by atoms with Gasteiger partial charge >= 0.3 is 0 Å². The van der Waals surface area contributed by atoms with Crippen LogP contribution in [0.4, 0.5) is 0 Å². The Morgan fingerprint density at radius 2 is 1.83 bits per heavy atom. The van der Waals surface area contributed by atoms with Crippen LogP contribution < -0.4 is 10.6 Å². The highest BCUT2D eigenvalue weighted by molar-refractivity contribution is 6.30. The van der Waals surface area contributed by atoms with Crippen LogP contribution in [0.5, 0.6) is 0 Å². The SMILES string of the molecule is CC(NC(=O)c1ccccc1)C(=O)NCCc1cccc(Cl)c1. The first-order chi connectivity index (χ1) is 11.1. The van der Waals surface area contributed by atoms with E-state index in [1.54, 1.807) is 31.2 Å². The third kappa shape index (κ3) is 5.42. The molecule has 0 spiro atoms. The average Bonchev–Trinajstić information content (AvgIpc) is 2.55. The number of hydrogen-bond donors (Lipinski definition) is 2. The van der Waals surface area contributed by atoms with Gasteiger partial charge in [-0.1, -0.05) is 41.9 Å². The van der Waals surface area contributed by atoms with Crippen molar-refractivity contribution in [1.82, 2.24) is 10.6 Å². The Kier molecular flexibility index (Phi) is 6.18. The molecule has 0 aliphatic heterocycles. The van der Waals surface area contributed by atoms with Crippen molar-refractivity contribution in [3.8, 4) is 0 Å². The van der Waals surface area contributed by atoms with Gasteiger partial charge in [0.2, 0.25) is 5.91 Å². The fourth-order valence-corrected chi connectivity index (χ4v) is 2.32. The number of rotatable bonds is 6. The van der Waals surface area contributed by atoms with Crippen molar-refractivity contribution in [2.45, 2.75) is 19.4 Å². The molecule has 0 aromatic heterocycles. The molecule has 2 rings (SSSR count). The van der Waals surface area contributed by atoms with E-state index in [1.807, 2.05) is 30.3 Å². The molecule has 1 unspecified atom stereocenters. The van der Waals surface area contributed by atoms with Gasteiger partial charge in [0.15, 0.2) is 0 Å². The van der Waals surface area contributed by atoms with Gasteiger partial charge in [-0.25, -0.2) is 0 Å². The minimum absolute atomic E-state index is 0.212. The van der Waals surface area contributed by atoms with Gasteiger partial charge < -0.3 is 10.6 Å². The normalized spacial score (nSPS) is 11.6. The monoisotopic (exact) mass is 330 g/mol. The van der Waals surface area contributed by atoms with Gasteiger partial charge in [-0.05, 0) is 43.2 Å². The molecule has 2 aromatic carbocycles. The number of hydrogen-bond acceptors (Lipinski definition) is 2. The van der Waals surface area contributed by atoms with Crippen molar-refractivity contribution in [1.29, 1.82) is 0 Å². The Labute approximate surface area is 140 Å². The zero-order valence-corrected chi connectivity index (χ0v) is 13.6. The Balaban J connectivity index is 1.78. The van der Waals surface area contributed by atoms with Crippen molar-refractivity contribution in [3.05, 3.63) is 70.7 Å². The van der Waals surface area contributed by atoms with Gasteiger partial charge in [0.05, 0.1) is 0 Å². The van der Waals surface area contributed by atoms with E-state index in [2.05, 4.69) is 10.6 Å². The predicted molar refractivity (Wildman–Crippen MR) is 91.5 cm³/mol. The van der Waals surface area contributed by atoms with Gasteiger partial charge in [-0.3, -0.25) is 9.59 Å². The lowest BCUT2D eigenvalue weighted by atomic mass is 10.1. The molecule has 0 saturated carbocycles. The lowest BCUT2D eigenvalue weighted by Gasteiger charge is -2.14. The maximum Gasteiger partial charge on any atom is 0.251 e. The Morgan fingerprint density at radius 3 is 2.52 bits per heavy atom. The van der Waals surface area contributed by atoms with Crippen LogP contribution in [0, 0.1) is 0 Å². The first kappa shape index (κ1) is 17.0. The summed E-state index contributed by atoms with van der Waals surface area (Å²) < 4.78 is 0. The van der Waals surface area contributed by atoms with E-state index < -0.39 is 6.04 Å². The van der Waals surface area contributed by atoms with Gasteiger partial charge in [-0.15, -0.1) is 0 Å². The molecule has 0 heterocycles. The number of carbonyl (C=O) groups excluding carboxylic acids is 2. The fraction of sp³-hybridized carbons (Fsp3) is 0.222. The number of halogens is 1. The largest absolute Gasteiger partial charge is 0.354 e. The van der Waals surface area contributed by atoms with Crippen LogP contribution in [0.15, 0.2) is 54.6 Å². The molecule has 0 aliphatic rings. The summed E-state index contributed by atoms with van der Waals surface area (Å²) in [5.74, 6) is -0.473. The number of carbonyl (C=O) groups is 2. The molecule has 0 saturated heterocycles. The summed E-state index contributed by atoms with van der Waals surface area (Å²) in [5, 5.41) is 6.17. The molecule has 4 nitrogen and oxygen atoms in total. The first-order valence-electron chi connectivity index (χ1n) is 7.44. The van der Waals surface area contributed by atoms with E-state index in [0.717, 1.165) is 5.56 Å². The molecule has 2 N–H and O–H groups in total. The van der Waals surface area contributed by atoms with Crippen molar-refractivity contribution in [2.75, 3.05) is 6.54 Å². The molecule has 0 fully saturated rings. The summed E-state index contributed by atoms with van der Waals surface area (Å²) >= 11 is 5.92. The summed E-state index contributed by atoms with van der Waals surface area (Å²) in [6.45, 7) is 2.15. The highest BCUT2D eigenvalue weighted by Gasteiger charge is 2.15. The van der Waals surface area contributed by atoms with Gasteiger partial charge in [-0.2, -0.15) is 0 Å². The van der Waals surface area contributed by atoms with E-state index in [-0.39, 0.29) is 11.8 Å². The second-order valence-corrected chi connectivity index (χ2v) is 5.67. The fourth-order valence-electron chi connectivity index (χ4n) is 2.11. The lowest BCUT2D eigenvalue weighted by Crippen LogP contribution is -2.45. The van der Waals surface area contributed by atoms with Gasteiger partial charge in [0.1, 0.15) is 6.04 Å². The van der Waals surface area contributed by atoms with Gasteiger partial charge in [0.25, 0.3) is 5.91 Å². The van der Waals surface area contributed by atoms with Crippen LogP contribution in [0.2, 0.25) is 5.02 Å². The van der Waals surface area contributed by atoms with Crippen LogP contribution in [0.1, 0.15) is 22.8 Å². The molecule has 0 aliphatic carbocycles. The second-order valence-electron chi connectivity index (χ2n) is 5.23. The molecular weight excluding hydrogens is 312 g/mol. The number of amides is 2. The van der Waals surface area contributed by atoms with Crippen molar-refractivity contribution < 1.29 is 9.59 Å². The highest BCUT2D eigenvalue weighted by Crippen LogP contribution is 2.10. The quantitative estimate of drug-likeness (QED) is 0.855. The maximum absolute atomic E-state index is 12.0. The van der Waals surface area contributed by atoms with Crippen LogP contribution in [-0.2, 0) is 11.2 Å². The molecule has 23 heavy (non-hydrogen) atoms. The highest BCUT2D eigenvalue weighted by atomic mass is 35.5. The standard InChI is InChI=1S/C18H19ClN2O2/c1-13(21-18(23)15-7-3-2-4-8-15)17(22)20-11-10-14-6-5-9-16(19)12-14/h2-9,12-13H,10-11H2,1H3,(H,20,22)(H,21,23). The molecule has 0 bridgehead atoms. The molecule has 2 aromatic rings. The summed E-state index contributed by atoms with van der Waals surface area (Å²) in [5.41, 5.74) is 1.59. The molecule has 0 radical (unpaired) electrons. The van der Waals surface area contributed by atoms with E-state index in [1.165, 1.54) is 0 Å². The smallest absolute Gasteiger partial charge is 0.251 e. The zero-order valence-electron chi connectivity index (χ0n) is 12.9. The summed E-state index contributed by atoms with van der Waals surface area (Å²) in [7, 11) is 0. The molecule has 5 heteroatoms. The maximum atomic E-state index is 12.0. The predicted octanol–water partition coefficient (Wildman–Crippen LogP) is 2.82. The number of benzene rings is 2. The van der Waals surface area contributed by atoms with E-state index >= 15 is 0 Å².